The topological polar surface area (TPSA) is 12.0 Å². The molecule has 0 amide bonds. The number of rotatable bonds is 5. The Morgan fingerprint density at radius 3 is 3.06 bits per heavy atom. The van der Waals surface area contributed by atoms with E-state index < -0.39 is 0 Å². The van der Waals surface area contributed by atoms with Gasteiger partial charge in [0.15, 0.2) is 0 Å². The van der Waals surface area contributed by atoms with Crippen LogP contribution in [0, 0.1) is 5.82 Å². The van der Waals surface area contributed by atoms with Crippen molar-refractivity contribution in [3.05, 3.63) is 34.1 Å². The van der Waals surface area contributed by atoms with Gasteiger partial charge in [0.1, 0.15) is 5.82 Å². The fraction of sp³-hybridized carbons (Fsp3) is 0.571. The first-order valence-corrected chi connectivity index (χ1v) is 8.37. The Morgan fingerprint density at radius 1 is 1.56 bits per heavy atom. The molecule has 1 fully saturated rings. The standard InChI is InChI=1S/C14H19BrFNS/c1-2-8-17-14(12-7-4-9-18-12)10-5-3-6-11(15)13(10)16/h3,5-6,12,14,17H,2,4,7-9H2,1H3. The van der Waals surface area contributed by atoms with Crippen LogP contribution in [-0.2, 0) is 0 Å². The summed E-state index contributed by atoms with van der Waals surface area (Å²) >= 11 is 5.25. The normalized spacial score (nSPS) is 21.2. The predicted octanol–water partition coefficient (Wildman–Crippen LogP) is 4.52. The van der Waals surface area contributed by atoms with Crippen LogP contribution in [0.3, 0.4) is 0 Å². The number of thioether (sulfide) groups is 1. The maximum atomic E-state index is 14.2. The minimum atomic E-state index is -0.112. The molecule has 1 heterocycles. The molecule has 0 aliphatic carbocycles. The van der Waals surface area contributed by atoms with E-state index in [1.54, 1.807) is 6.07 Å². The molecule has 0 radical (unpaired) electrons. The maximum Gasteiger partial charge on any atom is 0.142 e. The number of hydrogen-bond donors (Lipinski definition) is 1. The highest BCUT2D eigenvalue weighted by molar-refractivity contribution is 9.10. The van der Waals surface area contributed by atoms with Gasteiger partial charge in [0.2, 0.25) is 0 Å². The van der Waals surface area contributed by atoms with Crippen LogP contribution in [0.5, 0.6) is 0 Å². The minimum absolute atomic E-state index is 0.112. The van der Waals surface area contributed by atoms with E-state index in [2.05, 4.69) is 28.2 Å². The highest BCUT2D eigenvalue weighted by atomic mass is 79.9. The summed E-state index contributed by atoms with van der Waals surface area (Å²) in [5, 5.41) is 4.01. The number of halogens is 2. The first-order chi connectivity index (χ1) is 8.74. The molecule has 1 aliphatic rings. The summed E-state index contributed by atoms with van der Waals surface area (Å²) in [6.07, 6.45) is 3.50. The van der Waals surface area contributed by atoms with E-state index in [-0.39, 0.29) is 11.9 Å². The van der Waals surface area contributed by atoms with Crippen LogP contribution >= 0.6 is 27.7 Å². The summed E-state index contributed by atoms with van der Waals surface area (Å²) in [5.74, 6) is 1.09. The van der Waals surface area contributed by atoms with Gasteiger partial charge >= 0.3 is 0 Å². The third-order valence-corrected chi connectivity index (χ3v) is 5.34. The van der Waals surface area contributed by atoms with Gasteiger partial charge in [0.05, 0.1) is 4.47 Å². The fourth-order valence-electron chi connectivity index (χ4n) is 2.37. The molecular formula is C14H19BrFNS. The molecule has 2 atom stereocenters. The molecule has 1 nitrogen and oxygen atoms in total. The van der Waals surface area contributed by atoms with E-state index in [1.807, 2.05) is 23.9 Å². The number of hydrogen-bond acceptors (Lipinski definition) is 2. The SMILES string of the molecule is CCCNC(c1cccc(Br)c1F)C1CCCS1. The second-order valence-corrected chi connectivity index (χ2v) is 6.83. The third kappa shape index (κ3) is 3.28. The van der Waals surface area contributed by atoms with Gasteiger partial charge in [-0.05, 0) is 53.6 Å². The molecule has 0 aromatic heterocycles. The van der Waals surface area contributed by atoms with E-state index >= 15 is 0 Å². The van der Waals surface area contributed by atoms with Crippen molar-refractivity contribution in [1.82, 2.24) is 5.32 Å². The average molecular weight is 332 g/mol. The van der Waals surface area contributed by atoms with E-state index in [9.17, 15) is 4.39 Å². The molecule has 4 heteroatoms. The van der Waals surface area contributed by atoms with E-state index in [4.69, 9.17) is 0 Å². The van der Waals surface area contributed by atoms with Crippen molar-refractivity contribution in [3.63, 3.8) is 0 Å². The zero-order chi connectivity index (χ0) is 13.0. The van der Waals surface area contributed by atoms with Crippen molar-refractivity contribution >= 4 is 27.7 Å². The van der Waals surface area contributed by atoms with Crippen molar-refractivity contribution in [3.8, 4) is 0 Å². The lowest BCUT2D eigenvalue weighted by Gasteiger charge is -2.25. The summed E-state index contributed by atoms with van der Waals surface area (Å²) in [6.45, 7) is 3.08. The lowest BCUT2D eigenvalue weighted by atomic mass is 10.00. The van der Waals surface area contributed by atoms with Gasteiger partial charge in [-0.25, -0.2) is 4.39 Å². The van der Waals surface area contributed by atoms with Gasteiger partial charge < -0.3 is 5.32 Å². The zero-order valence-corrected chi connectivity index (χ0v) is 13.0. The Morgan fingerprint density at radius 2 is 2.39 bits per heavy atom. The maximum absolute atomic E-state index is 14.2. The van der Waals surface area contributed by atoms with Crippen LogP contribution in [0.4, 0.5) is 4.39 Å². The molecule has 1 saturated heterocycles. The summed E-state index contributed by atoms with van der Waals surface area (Å²) in [5.41, 5.74) is 0.803. The summed E-state index contributed by atoms with van der Waals surface area (Å²) in [6, 6.07) is 5.72. The molecule has 0 spiro atoms. The van der Waals surface area contributed by atoms with Gasteiger partial charge in [0, 0.05) is 16.9 Å². The molecule has 1 aliphatic heterocycles. The van der Waals surface area contributed by atoms with Crippen molar-refractivity contribution in [2.45, 2.75) is 37.5 Å². The molecule has 1 aromatic rings. The van der Waals surface area contributed by atoms with E-state index in [0.717, 1.165) is 18.5 Å². The molecule has 1 aromatic carbocycles. The summed E-state index contributed by atoms with van der Waals surface area (Å²) in [7, 11) is 0. The molecule has 0 saturated carbocycles. The first-order valence-electron chi connectivity index (χ1n) is 6.53. The molecule has 0 bridgehead atoms. The summed E-state index contributed by atoms with van der Waals surface area (Å²) in [4.78, 5) is 0. The Kier molecular flexibility index (Phi) is 5.52. The summed E-state index contributed by atoms with van der Waals surface area (Å²) < 4.78 is 14.8. The van der Waals surface area contributed by atoms with Crippen LogP contribution < -0.4 is 5.32 Å². The lowest BCUT2D eigenvalue weighted by Crippen LogP contribution is -2.30. The second kappa shape index (κ2) is 6.92. The van der Waals surface area contributed by atoms with Crippen molar-refractivity contribution < 1.29 is 4.39 Å². The Hall–Kier alpha value is -0.0600. The average Bonchev–Trinajstić information content (AvgIpc) is 2.88. The highest BCUT2D eigenvalue weighted by Crippen LogP contribution is 2.37. The van der Waals surface area contributed by atoms with Gasteiger partial charge in [0.25, 0.3) is 0 Å². The largest absolute Gasteiger partial charge is 0.309 e. The zero-order valence-electron chi connectivity index (χ0n) is 10.6. The van der Waals surface area contributed by atoms with E-state index in [0.29, 0.717) is 9.72 Å². The Labute approximate surface area is 121 Å². The molecule has 2 rings (SSSR count). The molecule has 2 unspecified atom stereocenters. The van der Waals surface area contributed by atoms with Gasteiger partial charge in [-0.1, -0.05) is 19.1 Å². The monoisotopic (exact) mass is 331 g/mol. The Bertz CT molecular complexity index is 393. The molecule has 100 valence electrons. The molecule has 1 N–H and O–H groups in total. The fourth-order valence-corrected chi connectivity index (χ4v) is 4.15. The quantitative estimate of drug-likeness (QED) is 0.850. The molecular weight excluding hydrogens is 313 g/mol. The Balaban J connectivity index is 2.23. The van der Waals surface area contributed by atoms with Crippen LogP contribution in [0.25, 0.3) is 0 Å². The number of nitrogens with one attached hydrogen (secondary N) is 1. The van der Waals surface area contributed by atoms with Crippen LogP contribution in [-0.4, -0.2) is 17.5 Å². The predicted molar refractivity (Wildman–Crippen MR) is 80.6 cm³/mol. The third-order valence-electron chi connectivity index (χ3n) is 3.27. The van der Waals surface area contributed by atoms with Gasteiger partial charge in [-0.3, -0.25) is 0 Å². The second-order valence-electron chi connectivity index (χ2n) is 4.63. The van der Waals surface area contributed by atoms with Crippen molar-refractivity contribution in [2.75, 3.05) is 12.3 Å². The van der Waals surface area contributed by atoms with E-state index in [1.165, 1.54) is 18.6 Å². The number of benzene rings is 1. The van der Waals surface area contributed by atoms with Crippen molar-refractivity contribution in [2.24, 2.45) is 0 Å². The smallest absolute Gasteiger partial charge is 0.142 e. The highest BCUT2D eigenvalue weighted by Gasteiger charge is 2.28. The first kappa shape index (κ1) is 14.4. The van der Waals surface area contributed by atoms with Gasteiger partial charge in [-0.15, -0.1) is 0 Å². The van der Waals surface area contributed by atoms with Crippen molar-refractivity contribution in [1.29, 1.82) is 0 Å². The lowest BCUT2D eigenvalue weighted by molar-refractivity contribution is 0.476. The van der Waals surface area contributed by atoms with Crippen LogP contribution in [0.15, 0.2) is 22.7 Å². The van der Waals surface area contributed by atoms with Crippen LogP contribution in [0.2, 0.25) is 0 Å². The minimum Gasteiger partial charge on any atom is -0.309 e. The molecule has 18 heavy (non-hydrogen) atoms. The van der Waals surface area contributed by atoms with Crippen LogP contribution in [0.1, 0.15) is 37.8 Å². The van der Waals surface area contributed by atoms with Gasteiger partial charge in [-0.2, -0.15) is 11.8 Å².